The number of anilines is 1. The molecule has 2 atom stereocenters. The number of likely N-dealkylation sites (tertiary alicyclic amines) is 1. The van der Waals surface area contributed by atoms with E-state index in [-0.39, 0.29) is 11.8 Å². The van der Waals surface area contributed by atoms with E-state index in [0.717, 1.165) is 38.4 Å². The third-order valence-corrected chi connectivity index (χ3v) is 7.50. The summed E-state index contributed by atoms with van der Waals surface area (Å²) in [7, 11) is 2.22. The lowest BCUT2D eigenvalue weighted by molar-refractivity contribution is -0.138. The van der Waals surface area contributed by atoms with E-state index in [4.69, 9.17) is 4.74 Å². The molecule has 186 valence electrons. The van der Waals surface area contributed by atoms with Crippen LogP contribution in [-0.2, 0) is 16.1 Å². The van der Waals surface area contributed by atoms with Crippen molar-refractivity contribution in [3.05, 3.63) is 59.7 Å². The fourth-order valence-corrected chi connectivity index (χ4v) is 5.46. The van der Waals surface area contributed by atoms with E-state index in [1.165, 1.54) is 37.1 Å². The van der Waals surface area contributed by atoms with Crippen molar-refractivity contribution in [2.75, 3.05) is 51.2 Å². The summed E-state index contributed by atoms with van der Waals surface area (Å²) >= 11 is 0. The molecule has 0 radical (unpaired) electrons. The minimum atomic E-state index is -0.606. The third kappa shape index (κ3) is 6.03. The summed E-state index contributed by atoms with van der Waals surface area (Å²) in [6.45, 7) is 7.29. The molecule has 5 rings (SSSR count). The monoisotopic (exact) mass is 476 g/mol. The van der Waals surface area contributed by atoms with Gasteiger partial charge in [0.05, 0.1) is 0 Å². The van der Waals surface area contributed by atoms with Crippen molar-refractivity contribution in [3.63, 3.8) is 0 Å². The Kier molecular flexibility index (Phi) is 7.35. The number of amides is 2. The molecule has 2 aromatic carbocycles. The number of piperazine rings is 1. The molecule has 2 aromatic rings. The fourth-order valence-electron chi connectivity index (χ4n) is 5.46. The number of carbonyl (C=O) groups is 2. The van der Waals surface area contributed by atoms with Gasteiger partial charge in [0.1, 0.15) is 5.75 Å². The fraction of sp³-hybridized carbons (Fsp3) is 0.500. The van der Waals surface area contributed by atoms with Crippen LogP contribution < -0.4 is 15.0 Å². The van der Waals surface area contributed by atoms with Gasteiger partial charge in [0.15, 0.2) is 6.10 Å². The zero-order valence-electron chi connectivity index (χ0n) is 20.6. The van der Waals surface area contributed by atoms with Gasteiger partial charge in [-0.1, -0.05) is 30.3 Å². The number of ether oxygens (including phenoxy) is 1. The largest absolute Gasteiger partial charge is 0.481 e. The van der Waals surface area contributed by atoms with Crippen LogP contribution in [0.15, 0.2) is 48.5 Å². The van der Waals surface area contributed by atoms with E-state index >= 15 is 0 Å². The van der Waals surface area contributed by atoms with E-state index in [9.17, 15) is 9.59 Å². The molecule has 3 heterocycles. The highest BCUT2D eigenvalue weighted by molar-refractivity contribution is 5.99. The molecule has 35 heavy (non-hydrogen) atoms. The van der Waals surface area contributed by atoms with Crippen LogP contribution in [-0.4, -0.2) is 74.0 Å². The zero-order chi connectivity index (χ0) is 24.2. The highest BCUT2D eigenvalue weighted by Crippen LogP contribution is 2.27. The molecule has 3 saturated heterocycles. The van der Waals surface area contributed by atoms with Crippen molar-refractivity contribution < 1.29 is 14.3 Å². The number of likely N-dealkylation sites (N-methyl/N-ethyl adjacent to an activating group) is 1. The van der Waals surface area contributed by atoms with Crippen molar-refractivity contribution in [3.8, 4) is 5.75 Å². The molecule has 0 bridgehead atoms. The summed E-state index contributed by atoms with van der Waals surface area (Å²) in [4.78, 5) is 30.7. The quantitative estimate of drug-likeness (QED) is 0.647. The van der Waals surface area contributed by atoms with Gasteiger partial charge in [-0.2, -0.15) is 0 Å². The average Bonchev–Trinajstić information content (AvgIpc) is 2.87. The topological polar surface area (TPSA) is 65.1 Å². The van der Waals surface area contributed by atoms with Gasteiger partial charge >= 0.3 is 0 Å². The zero-order valence-corrected chi connectivity index (χ0v) is 20.6. The van der Waals surface area contributed by atoms with Gasteiger partial charge in [0, 0.05) is 63.9 Å². The summed E-state index contributed by atoms with van der Waals surface area (Å²) < 4.78 is 5.90. The van der Waals surface area contributed by atoms with E-state index < -0.39 is 6.10 Å². The molecule has 1 unspecified atom stereocenters. The highest BCUT2D eigenvalue weighted by Gasteiger charge is 2.28. The Morgan fingerprint density at radius 3 is 2.51 bits per heavy atom. The Bertz CT molecular complexity index is 1030. The van der Waals surface area contributed by atoms with E-state index in [0.29, 0.717) is 24.5 Å². The molecule has 1 N–H and O–H groups in total. The minimum Gasteiger partial charge on any atom is -0.481 e. The maximum Gasteiger partial charge on any atom is 0.267 e. The van der Waals surface area contributed by atoms with Crippen molar-refractivity contribution in [2.45, 2.75) is 44.2 Å². The van der Waals surface area contributed by atoms with Gasteiger partial charge in [0.2, 0.25) is 5.91 Å². The second kappa shape index (κ2) is 10.8. The Morgan fingerprint density at radius 2 is 1.77 bits per heavy atom. The molecular formula is C28H36N4O3. The summed E-state index contributed by atoms with van der Waals surface area (Å²) in [5.41, 5.74) is 3.96. The molecule has 0 aliphatic carbocycles. The van der Waals surface area contributed by atoms with Gasteiger partial charge in [-0.25, -0.2) is 0 Å². The van der Waals surface area contributed by atoms with Crippen molar-refractivity contribution in [2.24, 2.45) is 0 Å². The van der Waals surface area contributed by atoms with Crippen LogP contribution in [0.4, 0.5) is 5.69 Å². The normalized spacial score (nSPS) is 24.3. The van der Waals surface area contributed by atoms with Crippen molar-refractivity contribution in [1.29, 1.82) is 0 Å². The second-order valence-electron chi connectivity index (χ2n) is 10.2. The number of carbonyl (C=O) groups excluding carboxylic acids is 2. The van der Waals surface area contributed by atoms with E-state index in [1.54, 1.807) is 0 Å². The number of imide groups is 1. The van der Waals surface area contributed by atoms with Gasteiger partial charge in [-0.3, -0.25) is 19.8 Å². The summed E-state index contributed by atoms with van der Waals surface area (Å²) in [5, 5.41) is 2.35. The number of piperidine rings is 2. The number of hydrogen-bond donors (Lipinski definition) is 1. The first-order chi connectivity index (χ1) is 17.0. The number of nitrogens with zero attached hydrogens (tertiary/aromatic N) is 3. The summed E-state index contributed by atoms with van der Waals surface area (Å²) in [5.74, 6) is 0.763. The molecule has 2 amide bonds. The molecular weight excluding hydrogens is 440 g/mol. The van der Waals surface area contributed by atoms with E-state index in [2.05, 4.69) is 57.4 Å². The molecule has 3 aliphatic heterocycles. The smallest absolute Gasteiger partial charge is 0.267 e. The molecule has 3 aliphatic rings. The van der Waals surface area contributed by atoms with Crippen LogP contribution in [0.2, 0.25) is 0 Å². The minimum absolute atomic E-state index is 0.227. The SMILES string of the molecule is CN1CCC[C@H](c2ccc(CN3CCN(c4cccc(OC5CCC(=O)NC5=O)c4)CC3)cc2)C1. The lowest BCUT2D eigenvalue weighted by Gasteiger charge is -2.36. The summed E-state index contributed by atoms with van der Waals surface area (Å²) in [6.07, 6.45) is 2.72. The average molecular weight is 477 g/mol. The number of benzene rings is 2. The summed E-state index contributed by atoms with van der Waals surface area (Å²) in [6, 6.07) is 17.2. The van der Waals surface area contributed by atoms with Gasteiger partial charge < -0.3 is 14.5 Å². The van der Waals surface area contributed by atoms with Crippen LogP contribution in [0.1, 0.15) is 42.7 Å². The molecule has 0 aromatic heterocycles. The number of nitrogens with one attached hydrogen (secondary N) is 1. The van der Waals surface area contributed by atoms with Crippen LogP contribution in [0.5, 0.6) is 5.75 Å². The van der Waals surface area contributed by atoms with Gasteiger partial charge in [-0.05, 0) is 55.6 Å². The third-order valence-electron chi connectivity index (χ3n) is 7.50. The first-order valence-corrected chi connectivity index (χ1v) is 12.9. The van der Waals surface area contributed by atoms with Gasteiger partial charge in [0.25, 0.3) is 5.91 Å². The van der Waals surface area contributed by atoms with Gasteiger partial charge in [-0.15, -0.1) is 0 Å². The Balaban J connectivity index is 1.12. The Hall–Kier alpha value is -2.90. The van der Waals surface area contributed by atoms with E-state index in [1.807, 2.05) is 18.2 Å². The molecule has 7 nitrogen and oxygen atoms in total. The molecule has 0 spiro atoms. The van der Waals surface area contributed by atoms with Crippen LogP contribution in [0.25, 0.3) is 0 Å². The van der Waals surface area contributed by atoms with Crippen molar-refractivity contribution >= 4 is 17.5 Å². The maximum atomic E-state index is 12.0. The lowest BCUT2D eigenvalue weighted by atomic mass is 9.90. The lowest BCUT2D eigenvalue weighted by Crippen LogP contribution is -2.46. The predicted molar refractivity (Wildman–Crippen MR) is 137 cm³/mol. The molecule has 0 saturated carbocycles. The van der Waals surface area contributed by atoms with Crippen molar-refractivity contribution in [1.82, 2.24) is 15.1 Å². The number of hydrogen-bond acceptors (Lipinski definition) is 6. The predicted octanol–water partition coefficient (Wildman–Crippen LogP) is 3.00. The van der Waals surface area contributed by atoms with Crippen LogP contribution in [0, 0.1) is 0 Å². The van der Waals surface area contributed by atoms with Crippen LogP contribution >= 0.6 is 0 Å². The molecule has 3 fully saturated rings. The highest BCUT2D eigenvalue weighted by atomic mass is 16.5. The number of rotatable bonds is 6. The Labute approximate surface area is 208 Å². The first kappa shape index (κ1) is 23.8. The maximum absolute atomic E-state index is 12.0. The first-order valence-electron chi connectivity index (χ1n) is 12.9. The second-order valence-corrected chi connectivity index (χ2v) is 10.2. The molecule has 7 heteroatoms. The van der Waals surface area contributed by atoms with Crippen LogP contribution in [0.3, 0.4) is 0 Å². The standard InChI is InChI=1S/C28H36N4O3/c1-30-13-3-4-23(20-30)22-9-7-21(8-10-22)19-31-14-16-32(17-15-31)24-5-2-6-25(18-24)35-26-11-12-27(33)29-28(26)34/h2,5-10,18,23,26H,3-4,11-17,19-20H2,1H3,(H,29,33,34)/t23-,26?/m0/s1. The Morgan fingerprint density at radius 1 is 0.971 bits per heavy atom.